The van der Waals surface area contributed by atoms with Crippen LogP contribution >= 0.6 is 27.5 Å². The number of benzene rings is 3. The Morgan fingerprint density at radius 2 is 1.71 bits per heavy atom. The molecule has 0 aliphatic rings. The van der Waals surface area contributed by atoms with E-state index in [1.807, 2.05) is 25.1 Å². The van der Waals surface area contributed by atoms with E-state index in [-0.39, 0.29) is 5.78 Å². The van der Waals surface area contributed by atoms with E-state index in [4.69, 9.17) is 16.7 Å². The van der Waals surface area contributed by atoms with E-state index >= 15 is 0 Å². The number of hydrogen-bond acceptors (Lipinski definition) is 3. The normalized spacial score (nSPS) is 10.4. The highest BCUT2D eigenvalue weighted by Gasteiger charge is 2.15. The molecule has 0 aliphatic heterocycles. The van der Waals surface area contributed by atoms with Crippen LogP contribution in [0.25, 0.3) is 0 Å². The number of carbonyl (C=O) groups excluding carboxylic acids is 1. The Hall–Kier alpha value is -2.83. The van der Waals surface area contributed by atoms with Gasteiger partial charge in [-0.2, -0.15) is 0 Å². The number of hydrogen-bond donors (Lipinski definition) is 3. The molecule has 0 atom stereocenters. The van der Waals surface area contributed by atoms with Crippen LogP contribution in [0.5, 0.6) is 0 Å². The Bertz CT molecular complexity index is 1070. The Morgan fingerprint density at radius 3 is 2.39 bits per heavy atom. The van der Waals surface area contributed by atoms with Crippen molar-refractivity contribution in [3.63, 3.8) is 0 Å². The summed E-state index contributed by atoms with van der Waals surface area (Å²) in [7, 11) is 0. The molecule has 1 amide bonds. The van der Waals surface area contributed by atoms with Crippen molar-refractivity contribution in [2.45, 2.75) is 6.92 Å². The Morgan fingerprint density at radius 1 is 0.964 bits per heavy atom. The summed E-state index contributed by atoms with van der Waals surface area (Å²) in [6.45, 7) is 1.88. The van der Waals surface area contributed by atoms with E-state index in [2.05, 4.69) is 26.6 Å². The molecule has 0 spiro atoms. The van der Waals surface area contributed by atoms with Gasteiger partial charge in [0.05, 0.1) is 16.4 Å². The number of amides is 1. The number of anilines is 3. The number of carboxylic acid groups (broad SMARTS) is 1. The molecule has 0 fully saturated rings. The molecule has 0 saturated carbocycles. The molecule has 0 bridgehead atoms. The molecule has 0 radical (unpaired) electrons. The minimum atomic E-state index is -1.17. The van der Waals surface area contributed by atoms with Gasteiger partial charge in [-0.05, 0) is 48.9 Å². The topological polar surface area (TPSA) is 78.4 Å². The second-order valence-electron chi connectivity index (χ2n) is 6.08. The van der Waals surface area contributed by atoms with Crippen LogP contribution in [0, 0.1) is 6.92 Å². The van der Waals surface area contributed by atoms with Gasteiger partial charge in [0.2, 0.25) is 0 Å². The predicted octanol–water partition coefficient (Wildman–Crippen LogP) is 6.48. The number of nitrogens with one attached hydrogen (secondary N) is 2. The first-order valence-corrected chi connectivity index (χ1v) is 9.48. The maximum Gasteiger partial charge on any atom is 0.409 e. The maximum absolute atomic E-state index is 12.8. The average molecular weight is 460 g/mol. The van der Waals surface area contributed by atoms with Crippen molar-refractivity contribution in [2.75, 3.05) is 10.6 Å². The van der Waals surface area contributed by atoms with Gasteiger partial charge >= 0.3 is 6.09 Å². The molecule has 3 N–H and O–H groups in total. The SMILES string of the molecule is Cc1ccccc1C(=O)c1ccc(Nc2ccc(Br)cc2NC(=O)O)cc1Cl. The molecule has 3 rings (SSSR count). The quantitative estimate of drug-likeness (QED) is 0.382. The van der Waals surface area contributed by atoms with Gasteiger partial charge < -0.3 is 10.4 Å². The molecular weight excluding hydrogens is 444 g/mol. The molecule has 5 nitrogen and oxygen atoms in total. The lowest BCUT2D eigenvalue weighted by Gasteiger charge is -2.14. The molecule has 28 heavy (non-hydrogen) atoms. The van der Waals surface area contributed by atoms with Gasteiger partial charge in [-0.1, -0.05) is 51.8 Å². The molecule has 0 aromatic heterocycles. The summed E-state index contributed by atoms with van der Waals surface area (Å²) in [6.07, 6.45) is -1.17. The highest BCUT2D eigenvalue weighted by molar-refractivity contribution is 9.10. The third kappa shape index (κ3) is 4.52. The maximum atomic E-state index is 12.8. The molecule has 0 saturated heterocycles. The standard InChI is InChI=1S/C21H16BrClN2O3/c1-12-4-2-3-5-15(12)20(26)16-8-7-14(11-17(16)23)24-18-9-6-13(22)10-19(18)25-21(27)28/h2-11,24-25H,1H3,(H,27,28). The second kappa shape index (κ2) is 8.46. The van der Waals surface area contributed by atoms with Crippen molar-refractivity contribution in [3.05, 3.63) is 86.8 Å². The van der Waals surface area contributed by atoms with Crippen LogP contribution in [0.1, 0.15) is 21.5 Å². The third-order valence-corrected chi connectivity index (χ3v) is 4.91. The van der Waals surface area contributed by atoms with Crippen LogP contribution in [0.15, 0.2) is 65.1 Å². The monoisotopic (exact) mass is 458 g/mol. The molecule has 0 heterocycles. The van der Waals surface area contributed by atoms with Gasteiger partial charge in [0.25, 0.3) is 0 Å². The van der Waals surface area contributed by atoms with Crippen LogP contribution in [-0.2, 0) is 0 Å². The molecule has 3 aromatic rings. The zero-order valence-corrected chi connectivity index (χ0v) is 17.1. The Kier molecular flexibility index (Phi) is 6.02. The van der Waals surface area contributed by atoms with Crippen LogP contribution in [0.3, 0.4) is 0 Å². The van der Waals surface area contributed by atoms with Crippen LogP contribution in [0.2, 0.25) is 5.02 Å². The highest BCUT2D eigenvalue weighted by atomic mass is 79.9. The van der Waals surface area contributed by atoms with E-state index in [1.54, 1.807) is 42.5 Å². The van der Waals surface area contributed by atoms with Crippen LogP contribution in [-0.4, -0.2) is 17.0 Å². The van der Waals surface area contributed by atoms with Crippen molar-refractivity contribution < 1.29 is 14.7 Å². The molecule has 0 aliphatic carbocycles. The summed E-state index contributed by atoms with van der Waals surface area (Å²) in [6, 6.07) is 17.5. The van der Waals surface area contributed by atoms with Crippen molar-refractivity contribution in [3.8, 4) is 0 Å². The van der Waals surface area contributed by atoms with Crippen molar-refractivity contribution >= 4 is 56.5 Å². The minimum absolute atomic E-state index is 0.147. The Balaban J connectivity index is 1.89. The van der Waals surface area contributed by atoms with Crippen molar-refractivity contribution in [2.24, 2.45) is 0 Å². The lowest BCUT2D eigenvalue weighted by Crippen LogP contribution is -2.09. The largest absolute Gasteiger partial charge is 0.465 e. The first-order chi connectivity index (χ1) is 13.3. The summed E-state index contributed by atoms with van der Waals surface area (Å²) < 4.78 is 0.735. The van der Waals surface area contributed by atoms with Crippen molar-refractivity contribution in [1.29, 1.82) is 0 Å². The van der Waals surface area contributed by atoms with Gasteiger partial charge in [-0.15, -0.1) is 0 Å². The number of ketones is 1. The van der Waals surface area contributed by atoms with E-state index in [9.17, 15) is 9.59 Å². The van der Waals surface area contributed by atoms with Gasteiger partial charge in [0, 0.05) is 21.3 Å². The fourth-order valence-corrected chi connectivity index (χ4v) is 3.38. The van der Waals surface area contributed by atoms with E-state index in [0.29, 0.717) is 33.2 Å². The number of aryl methyl sites for hydroxylation is 1. The van der Waals surface area contributed by atoms with E-state index < -0.39 is 6.09 Å². The van der Waals surface area contributed by atoms with Gasteiger partial charge in [0.1, 0.15) is 0 Å². The number of rotatable bonds is 5. The average Bonchev–Trinajstić information content (AvgIpc) is 2.63. The van der Waals surface area contributed by atoms with Gasteiger partial charge in [0.15, 0.2) is 5.78 Å². The highest BCUT2D eigenvalue weighted by Crippen LogP contribution is 2.31. The van der Waals surface area contributed by atoms with Crippen molar-refractivity contribution in [1.82, 2.24) is 0 Å². The zero-order valence-electron chi connectivity index (χ0n) is 14.8. The molecule has 7 heteroatoms. The molecule has 3 aromatic carbocycles. The lowest BCUT2D eigenvalue weighted by atomic mass is 9.99. The smallest absolute Gasteiger partial charge is 0.409 e. The number of carbonyl (C=O) groups is 2. The fourth-order valence-electron chi connectivity index (χ4n) is 2.75. The zero-order chi connectivity index (χ0) is 20.3. The second-order valence-corrected chi connectivity index (χ2v) is 7.41. The first-order valence-electron chi connectivity index (χ1n) is 8.31. The minimum Gasteiger partial charge on any atom is -0.465 e. The molecule has 142 valence electrons. The molecule has 0 unspecified atom stereocenters. The van der Waals surface area contributed by atoms with Gasteiger partial charge in [-0.3, -0.25) is 10.1 Å². The van der Waals surface area contributed by atoms with Gasteiger partial charge in [-0.25, -0.2) is 4.79 Å². The fraction of sp³-hybridized carbons (Fsp3) is 0.0476. The summed E-state index contributed by atoms with van der Waals surface area (Å²) in [5.41, 5.74) is 3.46. The first kappa shape index (κ1) is 19.9. The predicted molar refractivity (Wildman–Crippen MR) is 115 cm³/mol. The number of halogens is 2. The third-order valence-electron chi connectivity index (χ3n) is 4.11. The van der Waals surface area contributed by atoms with Crippen LogP contribution in [0.4, 0.5) is 21.9 Å². The summed E-state index contributed by atoms with van der Waals surface area (Å²) in [5.74, 6) is -0.147. The lowest BCUT2D eigenvalue weighted by molar-refractivity contribution is 0.103. The molecular formula is C21H16BrClN2O3. The van der Waals surface area contributed by atoms with E-state index in [0.717, 1.165) is 10.0 Å². The summed E-state index contributed by atoms with van der Waals surface area (Å²) >= 11 is 9.68. The van der Waals surface area contributed by atoms with Crippen LogP contribution < -0.4 is 10.6 Å². The van der Waals surface area contributed by atoms with E-state index in [1.165, 1.54) is 0 Å². The summed E-state index contributed by atoms with van der Waals surface area (Å²) in [4.78, 5) is 23.8. The summed E-state index contributed by atoms with van der Waals surface area (Å²) in [5, 5.41) is 14.8. The Labute approximate surface area is 175 Å².